The van der Waals surface area contributed by atoms with E-state index in [1.54, 1.807) is 12.1 Å². The third-order valence-electron chi connectivity index (χ3n) is 3.54. The van der Waals surface area contributed by atoms with Crippen LogP contribution in [0.4, 0.5) is 10.8 Å². The second kappa shape index (κ2) is 7.23. The number of hydrogen-bond acceptors (Lipinski definition) is 5. The van der Waals surface area contributed by atoms with Crippen LogP contribution in [0.25, 0.3) is 10.2 Å². The topological polar surface area (TPSA) is 66.4 Å². The number of nitrogens with one attached hydrogen (secondary N) is 2. The Morgan fingerprint density at radius 1 is 1.21 bits per heavy atom. The van der Waals surface area contributed by atoms with Crippen LogP contribution in [0.15, 0.2) is 53.6 Å². The molecule has 3 rings (SSSR count). The predicted molar refractivity (Wildman–Crippen MR) is 101 cm³/mol. The molecule has 122 valence electrons. The lowest BCUT2D eigenvalue weighted by molar-refractivity contribution is 0.102. The number of anilines is 2. The number of rotatable bonds is 5. The first-order chi connectivity index (χ1) is 11.7. The predicted octanol–water partition coefficient (Wildman–Crippen LogP) is 4.75. The van der Waals surface area contributed by atoms with Crippen LogP contribution in [0.5, 0.6) is 0 Å². The van der Waals surface area contributed by atoms with Crippen LogP contribution in [0.1, 0.15) is 30.6 Å². The normalized spacial score (nSPS) is 11.5. The summed E-state index contributed by atoms with van der Waals surface area (Å²) in [6, 6.07) is 14.8. The van der Waals surface area contributed by atoms with E-state index in [0.29, 0.717) is 5.56 Å². The van der Waals surface area contributed by atoms with Crippen molar-refractivity contribution < 1.29 is 4.79 Å². The van der Waals surface area contributed by atoms with Crippen molar-refractivity contribution in [2.75, 3.05) is 10.7 Å². The lowest BCUT2D eigenvalue weighted by Crippen LogP contribution is -2.11. The van der Waals surface area contributed by atoms with Gasteiger partial charge >= 0.3 is 0 Å². The van der Waals surface area contributed by atoms with Crippen LogP contribution >= 0.6 is 11.3 Å². The number of hydrogen-bond donors (Lipinski definition) is 2. The monoisotopic (exact) mass is 338 g/mol. The van der Waals surface area contributed by atoms with Gasteiger partial charge in [-0.3, -0.25) is 10.2 Å². The maximum atomic E-state index is 12.2. The van der Waals surface area contributed by atoms with E-state index in [4.69, 9.17) is 0 Å². The highest BCUT2D eigenvalue weighted by atomic mass is 32.1. The number of nitrogens with zero attached hydrogens (tertiary/aromatic N) is 2. The van der Waals surface area contributed by atoms with E-state index >= 15 is 0 Å². The van der Waals surface area contributed by atoms with Crippen molar-refractivity contribution in [3.8, 4) is 0 Å². The van der Waals surface area contributed by atoms with E-state index < -0.39 is 0 Å². The van der Waals surface area contributed by atoms with Crippen LogP contribution in [0, 0.1) is 0 Å². The molecular weight excluding hydrogens is 320 g/mol. The molecule has 0 aliphatic carbocycles. The first-order valence-electron chi connectivity index (χ1n) is 7.72. The maximum absolute atomic E-state index is 12.2. The van der Waals surface area contributed by atoms with Crippen molar-refractivity contribution in [3.63, 3.8) is 0 Å². The fraction of sp³-hybridized carbons (Fsp3) is 0.167. The van der Waals surface area contributed by atoms with Crippen LogP contribution in [-0.4, -0.2) is 16.6 Å². The Labute approximate surface area is 144 Å². The van der Waals surface area contributed by atoms with E-state index in [-0.39, 0.29) is 5.91 Å². The summed E-state index contributed by atoms with van der Waals surface area (Å²) in [6.45, 7) is 4.03. The summed E-state index contributed by atoms with van der Waals surface area (Å²) in [5, 5.41) is 7.90. The molecule has 0 fully saturated rings. The van der Waals surface area contributed by atoms with Gasteiger partial charge in [0.15, 0.2) is 0 Å². The number of carbonyl (C=O) groups excluding carboxylic acids is 1. The molecule has 1 heterocycles. The SMILES string of the molecule is CC/C(C)=N/Nc1nc2cc(NC(=O)c3ccccc3)ccc2s1. The molecule has 2 N–H and O–H groups in total. The molecular formula is C18H18N4OS. The fourth-order valence-electron chi connectivity index (χ4n) is 2.07. The van der Waals surface area contributed by atoms with Gasteiger partial charge in [0.05, 0.1) is 10.2 Å². The molecule has 0 aliphatic heterocycles. The fourth-order valence-corrected chi connectivity index (χ4v) is 2.86. The van der Waals surface area contributed by atoms with E-state index in [2.05, 4.69) is 27.8 Å². The van der Waals surface area contributed by atoms with E-state index in [9.17, 15) is 4.79 Å². The Morgan fingerprint density at radius 2 is 2.00 bits per heavy atom. The third kappa shape index (κ3) is 3.78. The smallest absolute Gasteiger partial charge is 0.255 e. The first kappa shape index (κ1) is 16.1. The minimum Gasteiger partial charge on any atom is -0.322 e. The van der Waals surface area contributed by atoms with Crippen molar-refractivity contribution in [2.24, 2.45) is 5.10 Å². The molecule has 6 heteroatoms. The van der Waals surface area contributed by atoms with Gasteiger partial charge in [-0.05, 0) is 43.7 Å². The number of hydrazone groups is 1. The number of carbonyl (C=O) groups is 1. The zero-order chi connectivity index (χ0) is 16.9. The molecule has 24 heavy (non-hydrogen) atoms. The highest BCUT2D eigenvalue weighted by Gasteiger charge is 2.08. The van der Waals surface area contributed by atoms with E-state index in [1.165, 1.54) is 11.3 Å². The lowest BCUT2D eigenvalue weighted by atomic mass is 10.2. The second-order valence-electron chi connectivity index (χ2n) is 5.33. The largest absolute Gasteiger partial charge is 0.322 e. The number of fused-ring (bicyclic) bond motifs is 1. The Morgan fingerprint density at radius 3 is 2.75 bits per heavy atom. The van der Waals surface area contributed by atoms with Gasteiger partial charge in [-0.2, -0.15) is 5.10 Å². The molecule has 2 aromatic carbocycles. The zero-order valence-electron chi connectivity index (χ0n) is 13.5. The van der Waals surface area contributed by atoms with Crippen molar-refractivity contribution in [3.05, 3.63) is 54.1 Å². The molecule has 5 nitrogen and oxygen atoms in total. The van der Waals surface area contributed by atoms with Gasteiger partial charge in [0.25, 0.3) is 5.91 Å². The first-order valence-corrected chi connectivity index (χ1v) is 8.53. The summed E-state index contributed by atoms with van der Waals surface area (Å²) in [5.74, 6) is -0.133. The lowest BCUT2D eigenvalue weighted by Gasteiger charge is -2.04. The molecule has 0 aliphatic rings. The van der Waals surface area contributed by atoms with Crippen molar-refractivity contribution in [1.29, 1.82) is 0 Å². The standard InChI is InChI=1S/C18H18N4OS/c1-3-12(2)21-22-18-20-15-11-14(9-10-16(15)24-18)19-17(23)13-7-5-4-6-8-13/h4-11H,3H2,1-2H3,(H,19,23)(H,20,22)/b21-12+. The highest BCUT2D eigenvalue weighted by Crippen LogP contribution is 2.28. The van der Waals surface area contributed by atoms with Gasteiger partial charge in [-0.15, -0.1) is 0 Å². The van der Waals surface area contributed by atoms with E-state index in [1.807, 2.05) is 43.3 Å². The average molecular weight is 338 g/mol. The third-order valence-corrected chi connectivity index (χ3v) is 4.48. The van der Waals surface area contributed by atoms with E-state index in [0.717, 1.165) is 33.2 Å². The minimum atomic E-state index is -0.133. The Hall–Kier alpha value is -2.73. The van der Waals surface area contributed by atoms with Crippen molar-refractivity contribution in [1.82, 2.24) is 4.98 Å². The van der Waals surface area contributed by atoms with Gasteiger partial charge in [-0.1, -0.05) is 36.5 Å². The average Bonchev–Trinajstić information content (AvgIpc) is 3.02. The molecule has 1 aromatic heterocycles. The van der Waals surface area contributed by atoms with Gasteiger partial charge in [0.1, 0.15) is 0 Å². The van der Waals surface area contributed by atoms with Crippen LogP contribution < -0.4 is 10.7 Å². The molecule has 3 aromatic rings. The Bertz CT molecular complexity index is 886. The summed E-state index contributed by atoms with van der Waals surface area (Å²) in [4.78, 5) is 16.7. The number of amides is 1. The molecule has 0 spiro atoms. The van der Waals surface area contributed by atoms with Gasteiger partial charge in [-0.25, -0.2) is 4.98 Å². The number of benzene rings is 2. The number of thiazole rings is 1. The maximum Gasteiger partial charge on any atom is 0.255 e. The zero-order valence-corrected chi connectivity index (χ0v) is 14.4. The summed E-state index contributed by atoms with van der Waals surface area (Å²) in [7, 11) is 0. The molecule has 1 amide bonds. The van der Waals surface area contributed by atoms with Gasteiger partial charge in [0.2, 0.25) is 5.13 Å². The van der Waals surface area contributed by atoms with Crippen LogP contribution in [0.2, 0.25) is 0 Å². The van der Waals surface area contributed by atoms with Gasteiger partial charge in [0, 0.05) is 17.0 Å². The summed E-state index contributed by atoms with van der Waals surface area (Å²) < 4.78 is 1.04. The summed E-state index contributed by atoms with van der Waals surface area (Å²) in [5.41, 5.74) is 6.18. The second-order valence-corrected chi connectivity index (χ2v) is 6.36. The Kier molecular flexibility index (Phi) is 4.86. The Balaban J connectivity index is 1.77. The molecule has 0 atom stereocenters. The van der Waals surface area contributed by atoms with Gasteiger partial charge < -0.3 is 5.32 Å². The molecule has 0 radical (unpaired) electrons. The van der Waals surface area contributed by atoms with Crippen molar-refractivity contribution in [2.45, 2.75) is 20.3 Å². The van der Waals surface area contributed by atoms with Crippen LogP contribution in [-0.2, 0) is 0 Å². The molecule has 0 saturated heterocycles. The number of aromatic nitrogens is 1. The summed E-state index contributed by atoms with van der Waals surface area (Å²) in [6.07, 6.45) is 0.896. The summed E-state index contributed by atoms with van der Waals surface area (Å²) >= 11 is 1.53. The highest BCUT2D eigenvalue weighted by molar-refractivity contribution is 7.22. The van der Waals surface area contributed by atoms with Crippen molar-refractivity contribution >= 4 is 44.0 Å². The minimum absolute atomic E-state index is 0.133. The quantitative estimate of drug-likeness (QED) is 0.521. The van der Waals surface area contributed by atoms with Crippen LogP contribution in [0.3, 0.4) is 0 Å². The molecule has 0 saturated carbocycles. The molecule has 0 bridgehead atoms. The molecule has 0 unspecified atom stereocenters.